The van der Waals surface area contributed by atoms with Crippen LogP contribution in [0.2, 0.25) is 0 Å². The molecule has 2 atom stereocenters. The van der Waals surface area contributed by atoms with E-state index in [9.17, 15) is 13.2 Å². The van der Waals surface area contributed by atoms with Crippen molar-refractivity contribution in [2.24, 2.45) is 0 Å². The molecule has 2 aromatic rings. The number of rotatable bonds is 5. The lowest BCUT2D eigenvalue weighted by atomic mass is 10.0. The number of carbonyl (C=O) groups is 1. The van der Waals surface area contributed by atoms with Crippen molar-refractivity contribution in [3.8, 4) is 5.75 Å². The largest absolute Gasteiger partial charge is 0.476 e. The highest BCUT2D eigenvalue weighted by molar-refractivity contribution is 7.92. The summed E-state index contributed by atoms with van der Waals surface area (Å²) in [6.45, 7) is 3.95. The Balaban J connectivity index is 1.81. The predicted molar refractivity (Wildman–Crippen MR) is 105 cm³/mol. The molecule has 0 aliphatic carbocycles. The standard InChI is InChI=1S/C20H24N2O4S/c1-4-16(15-11-9-14(2)10-12-15)21-20(23)19-13-22(27(3,24)25)17-7-5-6-8-18(17)26-19/h5-12,16,19H,4,13H2,1-3H3,(H,21,23)/t16-,19-/m0/s1. The van der Waals surface area contributed by atoms with Gasteiger partial charge in [-0.05, 0) is 31.0 Å². The quantitative estimate of drug-likeness (QED) is 0.855. The Hall–Kier alpha value is -2.54. The van der Waals surface area contributed by atoms with E-state index in [0.29, 0.717) is 17.9 Å². The van der Waals surface area contributed by atoms with Crippen LogP contribution in [0.5, 0.6) is 5.75 Å². The van der Waals surface area contributed by atoms with Gasteiger partial charge in [0.25, 0.3) is 5.91 Å². The van der Waals surface area contributed by atoms with Crippen molar-refractivity contribution in [2.75, 3.05) is 17.1 Å². The van der Waals surface area contributed by atoms with Crippen LogP contribution in [-0.2, 0) is 14.8 Å². The molecule has 0 aromatic heterocycles. The Morgan fingerprint density at radius 3 is 2.52 bits per heavy atom. The minimum atomic E-state index is -3.52. The molecule has 144 valence electrons. The molecule has 6 nitrogen and oxygen atoms in total. The summed E-state index contributed by atoms with van der Waals surface area (Å²) < 4.78 is 31.4. The summed E-state index contributed by atoms with van der Waals surface area (Å²) in [5, 5.41) is 2.99. The Morgan fingerprint density at radius 2 is 1.89 bits per heavy atom. The minimum absolute atomic E-state index is 0.0496. The van der Waals surface area contributed by atoms with E-state index in [2.05, 4.69) is 5.32 Å². The first kappa shape index (κ1) is 19.2. The van der Waals surface area contributed by atoms with Crippen LogP contribution in [0.4, 0.5) is 5.69 Å². The van der Waals surface area contributed by atoms with Gasteiger partial charge in [-0.1, -0.05) is 48.9 Å². The fourth-order valence-corrected chi connectivity index (χ4v) is 4.05. The molecule has 7 heteroatoms. The molecule has 0 radical (unpaired) electrons. The highest BCUT2D eigenvalue weighted by Crippen LogP contribution is 2.34. The van der Waals surface area contributed by atoms with Crippen molar-refractivity contribution in [1.82, 2.24) is 5.32 Å². The van der Waals surface area contributed by atoms with E-state index in [4.69, 9.17) is 4.74 Å². The average molecular weight is 388 g/mol. The molecule has 0 bridgehead atoms. The number of para-hydroxylation sites is 2. The fourth-order valence-electron chi connectivity index (χ4n) is 3.14. The zero-order valence-corrected chi connectivity index (χ0v) is 16.5. The van der Waals surface area contributed by atoms with Gasteiger partial charge in [-0.15, -0.1) is 0 Å². The van der Waals surface area contributed by atoms with Gasteiger partial charge in [0.15, 0.2) is 6.10 Å². The van der Waals surface area contributed by atoms with Gasteiger partial charge in [0, 0.05) is 0 Å². The molecule has 1 amide bonds. The van der Waals surface area contributed by atoms with Crippen molar-refractivity contribution in [3.63, 3.8) is 0 Å². The Kier molecular flexibility index (Phi) is 5.41. The fraction of sp³-hybridized carbons (Fsp3) is 0.350. The van der Waals surface area contributed by atoms with Crippen molar-refractivity contribution in [1.29, 1.82) is 0 Å². The van der Waals surface area contributed by atoms with Crippen molar-refractivity contribution in [2.45, 2.75) is 32.4 Å². The van der Waals surface area contributed by atoms with E-state index in [1.807, 2.05) is 38.1 Å². The number of aryl methyl sites for hydroxylation is 1. The third-order valence-corrected chi connectivity index (χ3v) is 5.78. The minimum Gasteiger partial charge on any atom is -0.476 e. The summed E-state index contributed by atoms with van der Waals surface area (Å²) in [5.74, 6) is 0.0586. The monoisotopic (exact) mass is 388 g/mol. The van der Waals surface area contributed by atoms with Crippen LogP contribution in [0.3, 0.4) is 0 Å². The highest BCUT2D eigenvalue weighted by Gasteiger charge is 2.35. The third-order valence-electron chi connectivity index (χ3n) is 4.63. The van der Waals surface area contributed by atoms with Crippen LogP contribution >= 0.6 is 0 Å². The normalized spacial score (nSPS) is 17.6. The summed E-state index contributed by atoms with van der Waals surface area (Å²) in [6.07, 6.45) is 0.938. The number of benzene rings is 2. The van der Waals surface area contributed by atoms with E-state index >= 15 is 0 Å². The van der Waals surface area contributed by atoms with E-state index in [0.717, 1.165) is 17.4 Å². The lowest BCUT2D eigenvalue weighted by Crippen LogP contribution is -2.51. The molecule has 0 fully saturated rings. The summed E-state index contributed by atoms with van der Waals surface area (Å²) in [6, 6.07) is 14.7. The molecule has 27 heavy (non-hydrogen) atoms. The van der Waals surface area contributed by atoms with E-state index < -0.39 is 16.1 Å². The van der Waals surface area contributed by atoms with Crippen LogP contribution in [0.25, 0.3) is 0 Å². The zero-order chi connectivity index (χ0) is 19.6. The van der Waals surface area contributed by atoms with Gasteiger partial charge < -0.3 is 10.1 Å². The van der Waals surface area contributed by atoms with Crippen LogP contribution in [0.1, 0.15) is 30.5 Å². The SMILES string of the molecule is CC[C@H](NC(=O)[C@@H]1CN(S(C)(=O)=O)c2ccccc2O1)c1ccc(C)cc1. The molecular weight excluding hydrogens is 364 g/mol. The van der Waals surface area contributed by atoms with Crippen molar-refractivity contribution < 1.29 is 17.9 Å². The number of amides is 1. The zero-order valence-electron chi connectivity index (χ0n) is 15.7. The van der Waals surface area contributed by atoms with Gasteiger partial charge >= 0.3 is 0 Å². The van der Waals surface area contributed by atoms with Gasteiger partial charge in [0.2, 0.25) is 10.0 Å². The van der Waals surface area contributed by atoms with Crippen LogP contribution in [0.15, 0.2) is 48.5 Å². The molecule has 0 unspecified atom stereocenters. The second-order valence-electron chi connectivity index (χ2n) is 6.75. The number of hydrogen-bond acceptors (Lipinski definition) is 4. The van der Waals surface area contributed by atoms with E-state index in [1.165, 1.54) is 4.31 Å². The summed E-state index contributed by atoms with van der Waals surface area (Å²) in [4.78, 5) is 12.8. The second kappa shape index (κ2) is 7.60. The smallest absolute Gasteiger partial charge is 0.263 e. The summed E-state index contributed by atoms with van der Waals surface area (Å²) in [7, 11) is -3.52. The Bertz CT molecular complexity index is 925. The topological polar surface area (TPSA) is 75.7 Å². The molecule has 3 rings (SSSR count). The average Bonchev–Trinajstić information content (AvgIpc) is 2.65. The first-order valence-corrected chi connectivity index (χ1v) is 10.7. The van der Waals surface area contributed by atoms with Gasteiger partial charge in [-0.3, -0.25) is 9.10 Å². The number of carbonyl (C=O) groups excluding carboxylic acids is 1. The van der Waals surface area contributed by atoms with Gasteiger partial charge in [-0.2, -0.15) is 0 Å². The van der Waals surface area contributed by atoms with Gasteiger partial charge in [-0.25, -0.2) is 8.42 Å². The number of nitrogens with one attached hydrogen (secondary N) is 1. The molecule has 0 saturated heterocycles. The number of fused-ring (bicyclic) bond motifs is 1. The lowest BCUT2D eigenvalue weighted by molar-refractivity contribution is -0.128. The molecule has 1 aliphatic heterocycles. The number of nitrogens with zero attached hydrogens (tertiary/aromatic N) is 1. The summed E-state index contributed by atoms with van der Waals surface area (Å²) in [5.41, 5.74) is 2.61. The second-order valence-corrected chi connectivity index (χ2v) is 8.66. The molecule has 2 aromatic carbocycles. The maximum absolute atomic E-state index is 12.8. The van der Waals surface area contributed by atoms with Crippen molar-refractivity contribution in [3.05, 3.63) is 59.7 Å². The number of sulfonamides is 1. The van der Waals surface area contributed by atoms with Crippen LogP contribution in [-0.4, -0.2) is 33.2 Å². The number of anilines is 1. The van der Waals surface area contributed by atoms with Gasteiger partial charge in [0.1, 0.15) is 5.75 Å². The van der Waals surface area contributed by atoms with E-state index in [-0.39, 0.29) is 18.5 Å². The molecule has 0 spiro atoms. The number of ether oxygens (including phenoxy) is 1. The van der Waals surface area contributed by atoms with Crippen LogP contribution in [0, 0.1) is 6.92 Å². The van der Waals surface area contributed by atoms with Crippen molar-refractivity contribution >= 4 is 21.6 Å². The first-order chi connectivity index (χ1) is 12.8. The molecular formula is C20H24N2O4S. The van der Waals surface area contributed by atoms with E-state index in [1.54, 1.807) is 24.3 Å². The predicted octanol–water partition coefficient (Wildman–Crippen LogP) is 2.79. The maximum Gasteiger partial charge on any atom is 0.263 e. The molecule has 0 saturated carbocycles. The van der Waals surface area contributed by atoms with Crippen LogP contribution < -0.4 is 14.4 Å². The molecule has 1 heterocycles. The maximum atomic E-state index is 12.8. The summed E-state index contributed by atoms with van der Waals surface area (Å²) >= 11 is 0. The number of hydrogen-bond donors (Lipinski definition) is 1. The third kappa shape index (κ3) is 4.24. The Labute approximate surface area is 160 Å². The highest BCUT2D eigenvalue weighted by atomic mass is 32.2. The molecule has 1 aliphatic rings. The van der Waals surface area contributed by atoms with Gasteiger partial charge in [0.05, 0.1) is 24.5 Å². The Morgan fingerprint density at radius 1 is 1.22 bits per heavy atom. The molecule has 1 N–H and O–H groups in total. The lowest BCUT2D eigenvalue weighted by Gasteiger charge is -2.34. The first-order valence-electron chi connectivity index (χ1n) is 8.90.